The molecule has 21 heavy (non-hydrogen) atoms. The van der Waals surface area contributed by atoms with Gasteiger partial charge in [-0.05, 0) is 26.1 Å². The fourth-order valence-electron chi connectivity index (χ4n) is 2.67. The molecule has 1 unspecified atom stereocenters. The Hall–Kier alpha value is -2.07. The highest BCUT2D eigenvalue weighted by Crippen LogP contribution is 2.29. The lowest BCUT2D eigenvalue weighted by molar-refractivity contribution is 0.331. The molecule has 0 aliphatic carbocycles. The van der Waals surface area contributed by atoms with E-state index in [-0.39, 0.29) is 6.04 Å². The zero-order chi connectivity index (χ0) is 14.7. The van der Waals surface area contributed by atoms with Crippen molar-refractivity contribution in [3.8, 4) is 5.75 Å². The third kappa shape index (κ3) is 2.85. The summed E-state index contributed by atoms with van der Waals surface area (Å²) in [6.07, 6.45) is 1.86. The molecule has 4 heteroatoms. The first-order valence-electron chi connectivity index (χ1n) is 7.37. The maximum absolute atomic E-state index is 5.84. The molecule has 0 radical (unpaired) electrons. The van der Waals surface area contributed by atoms with Gasteiger partial charge in [-0.3, -0.25) is 0 Å². The molecule has 3 rings (SSSR count). The monoisotopic (exact) mass is 283 g/mol. The first kappa shape index (κ1) is 13.9. The highest BCUT2D eigenvalue weighted by Gasteiger charge is 2.20. The summed E-state index contributed by atoms with van der Waals surface area (Å²) in [5.74, 6) is 2.03. The molecule has 0 fully saturated rings. The molecule has 4 nitrogen and oxygen atoms in total. The lowest BCUT2D eigenvalue weighted by atomic mass is 10.1. The van der Waals surface area contributed by atoms with Crippen LogP contribution in [-0.4, -0.2) is 25.2 Å². The van der Waals surface area contributed by atoms with Crippen molar-refractivity contribution >= 4 is 5.82 Å². The predicted octanol–water partition coefficient (Wildman–Crippen LogP) is 2.76. The molecule has 0 spiro atoms. The van der Waals surface area contributed by atoms with Gasteiger partial charge in [0.05, 0.1) is 6.54 Å². The van der Waals surface area contributed by atoms with Crippen LogP contribution in [0.1, 0.15) is 24.1 Å². The first-order chi connectivity index (χ1) is 10.3. The molecular weight excluding hydrogens is 262 g/mol. The first-order valence-corrected chi connectivity index (χ1v) is 7.37. The van der Waals surface area contributed by atoms with Crippen molar-refractivity contribution < 1.29 is 4.74 Å². The van der Waals surface area contributed by atoms with E-state index >= 15 is 0 Å². The van der Waals surface area contributed by atoms with Gasteiger partial charge in [-0.25, -0.2) is 4.98 Å². The van der Waals surface area contributed by atoms with Crippen molar-refractivity contribution in [2.45, 2.75) is 19.5 Å². The van der Waals surface area contributed by atoms with Crippen LogP contribution >= 0.6 is 0 Å². The van der Waals surface area contributed by atoms with E-state index in [0.717, 1.165) is 24.7 Å². The van der Waals surface area contributed by atoms with E-state index in [1.807, 2.05) is 31.4 Å². The average molecular weight is 283 g/mol. The van der Waals surface area contributed by atoms with E-state index in [0.29, 0.717) is 6.61 Å². The van der Waals surface area contributed by atoms with Gasteiger partial charge in [0.2, 0.25) is 0 Å². The summed E-state index contributed by atoms with van der Waals surface area (Å²) < 4.78 is 5.84. The standard InChI is InChI=1S/C17H21N3O/c1-13(18-2)15-7-5-9-19-17(15)20-10-11-21-16-8-4-3-6-14(16)12-20/h3-9,13,18H,10-12H2,1-2H3. The van der Waals surface area contributed by atoms with Gasteiger partial charge in [-0.15, -0.1) is 0 Å². The Morgan fingerprint density at radius 3 is 2.95 bits per heavy atom. The third-order valence-electron chi connectivity index (χ3n) is 3.97. The van der Waals surface area contributed by atoms with Crippen LogP contribution in [0.4, 0.5) is 5.82 Å². The van der Waals surface area contributed by atoms with E-state index < -0.39 is 0 Å². The Morgan fingerprint density at radius 2 is 2.10 bits per heavy atom. The van der Waals surface area contributed by atoms with Crippen LogP contribution in [0.5, 0.6) is 5.75 Å². The quantitative estimate of drug-likeness (QED) is 0.940. The molecule has 0 bridgehead atoms. The van der Waals surface area contributed by atoms with E-state index in [1.165, 1.54) is 11.1 Å². The average Bonchev–Trinajstić information content (AvgIpc) is 2.76. The Bertz CT molecular complexity index is 614. The second kappa shape index (κ2) is 6.14. The number of nitrogens with zero attached hydrogens (tertiary/aromatic N) is 2. The van der Waals surface area contributed by atoms with Crippen molar-refractivity contribution in [3.63, 3.8) is 0 Å². The van der Waals surface area contributed by atoms with E-state index in [4.69, 9.17) is 4.74 Å². The van der Waals surface area contributed by atoms with Crippen LogP contribution in [0.3, 0.4) is 0 Å². The maximum atomic E-state index is 5.84. The highest BCUT2D eigenvalue weighted by molar-refractivity contribution is 5.50. The van der Waals surface area contributed by atoms with E-state index in [9.17, 15) is 0 Å². The minimum absolute atomic E-state index is 0.271. The second-order valence-electron chi connectivity index (χ2n) is 5.30. The van der Waals surface area contributed by atoms with Crippen LogP contribution in [0.25, 0.3) is 0 Å². The lowest BCUT2D eigenvalue weighted by Crippen LogP contribution is -2.28. The zero-order valence-corrected chi connectivity index (χ0v) is 12.5. The van der Waals surface area contributed by atoms with Crippen LogP contribution in [0.2, 0.25) is 0 Å². The number of fused-ring (bicyclic) bond motifs is 1. The molecule has 110 valence electrons. The molecule has 1 aromatic carbocycles. The van der Waals surface area contributed by atoms with Crippen LogP contribution < -0.4 is 15.0 Å². The van der Waals surface area contributed by atoms with Gasteiger partial charge in [-0.2, -0.15) is 0 Å². The number of hydrogen-bond donors (Lipinski definition) is 1. The zero-order valence-electron chi connectivity index (χ0n) is 12.5. The summed E-state index contributed by atoms with van der Waals surface area (Å²) in [6, 6.07) is 12.6. The minimum atomic E-state index is 0.271. The number of benzene rings is 1. The normalized spacial score (nSPS) is 15.8. The van der Waals surface area contributed by atoms with Crippen molar-refractivity contribution in [2.24, 2.45) is 0 Å². The summed E-state index contributed by atoms with van der Waals surface area (Å²) in [5, 5.41) is 3.30. The molecule has 1 aliphatic rings. The highest BCUT2D eigenvalue weighted by atomic mass is 16.5. The van der Waals surface area contributed by atoms with Gasteiger partial charge in [-0.1, -0.05) is 24.3 Å². The molecular formula is C17H21N3O. The van der Waals surface area contributed by atoms with Gasteiger partial charge in [0, 0.05) is 29.9 Å². The number of anilines is 1. The summed E-state index contributed by atoms with van der Waals surface area (Å²) in [5.41, 5.74) is 2.43. The number of ether oxygens (including phenoxy) is 1. The summed E-state index contributed by atoms with van der Waals surface area (Å²) in [4.78, 5) is 6.92. The number of rotatable bonds is 3. The Labute approximate surface area is 125 Å². The third-order valence-corrected chi connectivity index (χ3v) is 3.97. The van der Waals surface area contributed by atoms with Crippen molar-refractivity contribution in [3.05, 3.63) is 53.7 Å². The largest absolute Gasteiger partial charge is 0.491 e. The molecule has 1 N–H and O–H groups in total. The number of nitrogens with one attached hydrogen (secondary N) is 1. The van der Waals surface area contributed by atoms with Gasteiger partial charge < -0.3 is 15.0 Å². The maximum Gasteiger partial charge on any atom is 0.133 e. The minimum Gasteiger partial charge on any atom is -0.491 e. The molecule has 0 saturated carbocycles. The van der Waals surface area contributed by atoms with Crippen LogP contribution in [0.15, 0.2) is 42.6 Å². The molecule has 1 atom stereocenters. The molecule has 1 aromatic heterocycles. The second-order valence-corrected chi connectivity index (χ2v) is 5.30. The van der Waals surface area contributed by atoms with Crippen LogP contribution in [0, 0.1) is 0 Å². The molecule has 2 aromatic rings. The number of pyridine rings is 1. The SMILES string of the molecule is CNC(C)c1cccnc1N1CCOc2ccccc2C1. The number of para-hydroxylation sites is 1. The fourth-order valence-corrected chi connectivity index (χ4v) is 2.67. The van der Waals surface area contributed by atoms with Gasteiger partial charge in [0.25, 0.3) is 0 Å². The molecule has 2 heterocycles. The smallest absolute Gasteiger partial charge is 0.133 e. The number of aromatic nitrogens is 1. The van der Waals surface area contributed by atoms with E-state index in [2.05, 4.69) is 40.3 Å². The van der Waals surface area contributed by atoms with Crippen molar-refractivity contribution in [1.29, 1.82) is 0 Å². The molecule has 1 aliphatic heterocycles. The summed E-state index contributed by atoms with van der Waals surface area (Å²) in [6.45, 7) is 4.51. The lowest BCUT2D eigenvalue weighted by Gasteiger charge is -2.25. The van der Waals surface area contributed by atoms with Gasteiger partial charge >= 0.3 is 0 Å². The number of hydrogen-bond acceptors (Lipinski definition) is 4. The van der Waals surface area contributed by atoms with Crippen molar-refractivity contribution in [2.75, 3.05) is 25.1 Å². The Kier molecular flexibility index (Phi) is 4.06. The van der Waals surface area contributed by atoms with Gasteiger partial charge in [0.1, 0.15) is 18.2 Å². The molecule has 0 saturated heterocycles. The predicted molar refractivity (Wildman–Crippen MR) is 84.7 cm³/mol. The fraction of sp³-hybridized carbons (Fsp3) is 0.353. The van der Waals surface area contributed by atoms with Crippen molar-refractivity contribution in [1.82, 2.24) is 10.3 Å². The summed E-state index contributed by atoms with van der Waals surface area (Å²) >= 11 is 0. The Morgan fingerprint density at radius 1 is 1.24 bits per heavy atom. The van der Waals surface area contributed by atoms with Crippen LogP contribution in [-0.2, 0) is 6.54 Å². The van der Waals surface area contributed by atoms with E-state index in [1.54, 1.807) is 0 Å². The molecule has 0 amide bonds. The Balaban J connectivity index is 1.94. The van der Waals surface area contributed by atoms with Gasteiger partial charge in [0.15, 0.2) is 0 Å². The topological polar surface area (TPSA) is 37.4 Å². The summed E-state index contributed by atoms with van der Waals surface area (Å²) in [7, 11) is 1.97.